The van der Waals surface area contributed by atoms with Crippen molar-refractivity contribution in [3.05, 3.63) is 259 Å². The molecule has 0 atom stereocenters. The highest BCUT2D eigenvalue weighted by Gasteiger charge is 2.47. The molecule has 13 rings (SSSR count). The van der Waals surface area contributed by atoms with E-state index in [2.05, 4.69) is 241 Å². The Hall–Kier alpha value is -8.40. The summed E-state index contributed by atoms with van der Waals surface area (Å²) in [4.78, 5) is 2.44. The Morgan fingerprint density at radius 2 is 0.859 bits per heavy atom. The molecule has 2 aromatic heterocycles. The summed E-state index contributed by atoms with van der Waals surface area (Å²) in [6.07, 6.45) is 0. The first kappa shape index (κ1) is 36.3. The van der Waals surface area contributed by atoms with Gasteiger partial charge in [0.05, 0.1) is 27.9 Å². The summed E-state index contributed by atoms with van der Waals surface area (Å²) >= 11 is 0. The predicted molar refractivity (Wildman–Crippen MR) is 264 cm³/mol. The van der Waals surface area contributed by atoms with E-state index in [0.717, 1.165) is 83.2 Å². The van der Waals surface area contributed by atoms with Gasteiger partial charge in [0.1, 0.15) is 16.7 Å². The van der Waals surface area contributed by atoms with Gasteiger partial charge >= 0.3 is 0 Å². The fraction of sp³-hybridized carbons (Fsp3) is 0.0164. The molecule has 64 heavy (non-hydrogen) atoms. The van der Waals surface area contributed by atoms with Crippen LogP contribution in [0.3, 0.4) is 0 Å². The van der Waals surface area contributed by atoms with E-state index < -0.39 is 5.41 Å². The maximum atomic E-state index is 7.12. The van der Waals surface area contributed by atoms with Gasteiger partial charge in [0, 0.05) is 21.7 Å². The highest BCUT2D eigenvalue weighted by Crippen LogP contribution is 2.60. The van der Waals surface area contributed by atoms with E-state index in [-0.39, 0.29) is 0 Å². The van der Waals surface area contributed by atoms with Gasteiger partial charge in [-0.1, -0.05) is 188 Å². The number of furan rings is 2. The topological polar surface area (TPSA) is 29.5 Å². The summed E-state index contributed by atoms with van der Waals surface area (Å²) in [5.41, 5.74) is 17.6. The number of benzene rings is 10. The molecule has 2 heterocycles. The van der Waals surface area contributed by atoms with Crippen LogP contribution in [0.1, 0.15) is 22.3 Å². The van der Waals surface area contributed by atoms with Crippen LogP contribution in [0.5, 0.6) is 0 Å². The minimum Gasteiger partial charge on any atom is -0.456 e. The number of rotatable bonds is 7. The largest absolute Gasteiger partial charge is 0.456 e. The molecule has 1 aliphatic carbocycles. The van der Waals surface area contributed by atoms with Crippen molar-refractivity contribution in [3.63, 3.8) is 0 Å². The molecular weight excluding hydrogens is 779 g/mol. The summed E-state index contributed by atoms with van der Waals surface area (Å²) in [6.45, 7) is 0. The van der Waals surface area contributed by atoms with Crippen LogP contribution in [0, 0.1) is 0 Å². The summed E-state index contributed by atoms with van der Waals surface area (Å²) in [5, 5.41) is 4.23. The zero-order valence-electron chi connectivity index (χ0n) is 34.8. The summed E-state index contributed by atoms with van der Waals surface area (Å²) in [5.74, 6) is 0. The Kier molecular flexibility index (Phi) is 8.13. The van der Waals surface area contributed by atoms with Gasteiger partial charge in [-0.25, -0.2) is 0 Å². The Labute approximate surface area is 370 Å². The van der Waals surface area contributed by atoms with Crippen molar-refractivity contribution < 1.29 is 8.83 Å². The van der Waals surface area contributed by atoms with E-state index in [4.69, 9.17) is 8.83 Å². The molecule has 0 unspecified atom stereocenters. The zero-order valence-corrected chi connectivity index (χ0v) is 34.8. The quantitative estimate of drug-likeness (QED) is 0.160. The smallest absolute Gasteiger partial charge is 0.159 e. The third-order valence-corrected chi connectivity index (χ3v) is 13.4. The Balaban J connectivity index is 1.13. The lowest BCUT2D eigenvalue weighted by Gasteiger charge is -2.34. The van der Waals surface area contributed by atoms with Crippen LogP contribution in [0.4, 0.5) is 17.1 Å². The lowest BCUT2D eigenvalue weighted by molar-refractivity contribution is 0.668. The fourth-order valence-corrected chi connectivity index (χ4v) is 10.6. The van der Waals surface area contributed by atoms with E-state index in [0.29, 0.717) is 0 Å². The van der Waals surface area contributed by atoms with Crippen LogP contribution in [-0.2, 0) is 5.41 Å². The molecule has 0 radical (unpaired) electrons. The van der Waals surface area contributed by atoms with Crippen molar-refractivity contribution in [1.29, 1.82) is 0 Å². The van der Waals surface area contributed by atoms with Crippen LogP contribution < -0.4 is 4.90 Å². The van der Waals surface area contributed by atoms with Crippen LogP contribution in [0.2, 0.25) is 0 Å². The SMILES string of the molecule is c1ccc(-c2ccc3c(c2)oc2c(N(c4cccc5c4-c4ccccc4C5(c4ccccc4)c4ccccc4)c4cccc5oc6cc(-c7ccccc7)ccc6c45)cccc23)cc1. The molecule has 0 fully saturated rings. The number of anilines is 3. The first-order valence-corrected chi connectivity index (χ1v) is 21.9. The zero-order chi connectivity index (χ0) is 42.2. The monoisotopic (exact) mass is 817 g/mol. The average molecular weight is 818 g/mol. The van der Waals surface area contributed by atoms with Gasteiger partial charge in [-0.05, 0) is 98.6 Å². The lowest BCUT2D eigenvalue weighted by atomic mass is 9.68. The highest BCUT2D eigenvalue weighted by atomic mass is 16.3. The highest BCUT2D eigenvalue weighted by molar-refractivity contribution is 6.17. The van der Waals surface area contributed by atoms with Gasteiger partial charge in [0.2, 0.25) is 0 Å². The number of nitrogens with zero attached hydrogens (tertiary/aromatic N) is 1. The molecule has 0 N–H and O–H groups in total. The number of para-hydroxylation sites is 1. The van der Waals surface area contributed by atoms with Crippen molar-refractivity contribution in [2.45, 2.75) is 5.41 Å². The van der Waals surface area contributed by atoms with Crippen LogP contribution >= 0.6 is 0 Å². The van der Waals surface area contributed by atoms with E-state index in [1.54, 1.807) is 0 Å². The average Bonchev–Trinajstić information content (AvgIpc) is 4.04. The Bertz CT molecular complexity index is 3680. The minimum atomic E-state index is -0.572. The van der Waals surface area contributed by atoms with E-state index in [1.807, 2.05) is 0 Å². The number of fused-ring (bicyclic) bond motifs is 9. The second-order valence-electron chi connectivity index (χ2n) is 16.7. The van der Waals surface area contributed by atoms with Gasteiger partial charge in [0.15, 0.2) is 5.58 Å². The molecule has 10 aromatic carbocycles. The molecule has 300 valence electrons. The van der Waals surface area contributed by atoms with Gasteiger partial charge in [-0.3, -0.25) is 0 Å². The maximum Gasteiger partial charge on any atom is 0.159 e. The third-order valence-electron chi connectivity index (χ3n) is 13.4. The summed E-state index contributed by atoms with van der Waals surface area (Å²) in [7, 11) is 0. The number of hydrogen-bond donors (Lipinski definition) is 0. The second kappa shape index (κ2) is 14.3. The molecule has 0 bridgehead atoms. The molecule has 0 saturated carbocycles. The van der Waals surface area contributed by atoms with E-state index in [1.165, 1.54) is 33.4 Å². The van der Waals surface area contributed by atoms with Gasteiger partial charge in [-0.15, -0.1) is 0 Å². The summed E-state index contributed by atoms with van der Waals surface area (Å²) in [6, 6.07) is 85.0. The summed E-state index contributed by atoms with van der Waals surface area (Å²) < 4.78 is 13.9. The van der Waals surface area contributed by atoms with Gasteiger partial charge in [-0.2, -0.15) is 0 Å². The second-order valence-corrected chi connectivity index (χ2v) is 16.7. The van der Waals surface area contributed by atoms with Crippen LogP contribution in [0.15, 0.2) is 245 Å². The predicted octanol–water partition coefficient (Wildman–Crippen LogP) is 16.7. The van der Waals surface area contributed by atoms with Crippen LogP contribution in [-0.4, -0.2) is 0 Å². The van der Waals surface area contributed by atoms with Gasteiger partial charge < -0.3 is 13.7 Å². The van der Waals surface area contributed by atoms with Crippen LogP contribution in [0.25, 0.3) is 77.3 Å². The standard InChI is InChI=1S/C61H39NO2/c1-5-18-40(19-6-1)42-34-36-46-47-27-15-32-54(60(47)64-56(46)38-42)62(53-31-17-33-55-59(53)49-37-35-43(39-57(49)63-55)41-20-7-2-8-21-41)52-30-16-29-51-58(52)48-26-13-14-28-50(48)61(51,44-22-9-3-10-23-44)45-24-11-4-12-25-45/h1-39H. The first-order valence-electron chi connectivity index (χ1n) is 21.9. The Morgan fingerprint density at radius 1 is 0.328 bits per heavy atom. The van der Waals surface area contributed by atoms with Crippen molar-refractivity contribution in [2.24, 2.45) is 0 Å². The molecule has 12 aromatic rings. The lowest BCUT2D eigenvalue weighted by Crippen LogP contribution is -2.28. The van der Waals surface area contributed by atoms with Gasteiger partial charge in [0.25, 0.3) is 0 Å². The van der Waals surface area contributed by atoms with Crippen molar-refractivity contribution in [3.8, 4) is 33.4 Å². The fourth-order valence-electron chi connectivity index (χ4n) is 10.6. The Morgan fingerprint density at radius 3 is 1.55 bits per heavy atom. The van der Waals surface area contributed by atoms with Crippen molar-refractivity contribution >= 4 is 60.9 Å². The molecule has 3 nitrogen and oxygen atoms in total. The van der Waals surface area contributed by atoms with Crippen molar-refractivity contribution in [2.75, 3.05) is 4.90 Å². The molecule has 0 amide bonds. The minimum absolute atomic E-state index is 0.572. The molecule has 0 spiro atoms. The third kappa shape index (κ3) is 5.34. The van der Waals surface area contributed by atoms with E-state index in [9.17, 15) is 0 Å². The van der Waals surface area contributed by atoms with Crippen molar-refractivity contribution in [1.82, 2.24) is 0 Å². The molecule has 0 saturated heterocycles. The molecule has 1 aliphatic rings. The normalized spacial score (nSPS) is 12.8. The first-order chi connectivity index (χ1) is 31.8. The molecule has 3 heteroatoms. The van der Waals surface area contributed by atoms with E-state index >= 15 is 0 Å². The number of hydrogen-bond acceptors (Lipinski definition) is 3. The maximum absolute atomic E-state index is 7.12. The molecular formula is C61H39NO2. The molecule has 0 aliphatic heterocycles.